The van der Waals surface area contributed by atoms with Gasteiger partial charge in [0, 0.05) is 21.9 Å². The molecule has 1 aromatic heterocycles. The van der Waals surface area contributed by atoms with Crippen molar-refractivity contribution >= 4 is 11.3 Å². The van der Waals surface area contributed by atoms with Crippen LogP contribution in [0.5, 0.6) is 0 Å². The molecule has 0 amide bonds. The Balaban J connectivity index is 2.04. The molecule has 3 rings (SSSR count). The van der Waals surface area contributed by atoms with Gasteiger partial charge in [-0.15, -0.1) is 11.3 Å². The van der Waals surface area contributed by atoms with Gasteiger partial charge in [0.1, 0.15) is 0 Å². The molecule has 0 aliphatic heterocycles. The summed E-state index contributed by atoms with van der Waals surface area (Å²) in [5.74, 6) is -4.96. The van der Waals surface area contributed by atoms with Crippen LogP contribution in [0.1, 0.15) is 23.8 Å². The summed E-state index contributed by atoms with van der Waals surface area (Å²) >= 11 is 1.16. The van der Waals surface area contributed by atoms with Gasteiger partial charge >= 0.3 is 0 Å². The Kier molecular flexibility index (Phi) is 3.75. The van der Waals surface area contributed by atoms with Crippen LogP contribution in [0, 0.1) is 29.2 Å². The summed E-state index contributed by atoms with van der Waals surface area (Å²) in [6.45, 7) is 0. The third-order valence-corrected chi connectivity index (χ3v) is 4.88. The van der Waals surface area contributed by atoms with Gasteiger partial charge in [0.05, 0.1) is 5.56 Å². The zero-order valence-electron chi connectivity index (χ0n) is 11.2. The summed E-state index contributed by atoms with van der Waals surface area (Å²) in [4.78, 5) is 1.11. The minimum absolute atomic E-state index is 0.119. The first-order chi connectivity index (χ1) is 10.0. The number of halogens is 4. The van der Waals surface area contributed by atoms with Gasteiger partial charge in [-0.2, -0.15) is 0 Å². The van der Waals surface area contributed by atoms with Gasteiger partial charge in [-0.05, 0) is 37.9 Å². The molecule has 1 heterocycles. The first-order valence-corrected chi connectivity index (χ1v) is 7.45. The van der Waals surface area contributed by atoms with Gasteiger partial charge in [-0.3, -0.25) is 0 Å². The Hall–Kier alpha value is -1.40. The molecular weight excluding hydrogens is 302 g/mol. The minimum Gasteiger partial charge on any atom is -0.312 e. The monoisotopic (exact) mass is 315 g/mol. The maximum absolute atomic E-state index is 13.8. The molecule has 1 aliphatic carbocycles. The topological polar surface area (TPSA) is 12.0 Å². The van der Waals surface area contributed by atoms with Gasteiger partial charge in [-0.1, -0.05) is 0 Å². The van der Waals surface area contributed by atoms with Gasteiger partial charge in [0.2, 0.25) is 0 Å². The van der Waals surface area contributed by atoms with E-state index in [1.54, 1.807) is 6.07 Å². The molecule has 1 atom stereocenters. The Bertz CT molecular complexity index is 652. The molecule has 1 nitrogen and oxygen atoms in total. The second-order valence-corrected chi connectivity index (χ2v) is 6.26. The highest BCUT2D eigenvalue weighted by Crippen LogP contribution is 2.44. The van der Waals surface area contributed by atoms with Gasteiger partial charge in [0.15, 0.2) is 23.3 Å². The van der Waals surface area contributed by atoms with Crippen LogP contribution < -0.4 is 5.32 Å². The maximum Gasteiger partial charge on any atom is 0.170 e. The van der Waals surface area contributed by atoms with Crippen molar-refractivity contribution in [1.82, 2.24) is 5.32 Å². The van der Waals surface area contributed by atoms with E-state index in [1.165, 1.54) is 6.07 Å². The SMILES string of the molecule is CNC(c1ccc(-c2c(F)c(F)cc(F)c2F)s1)C1CC1. The van der Waals surface area contributed by atoms with E-state index in [0.29, 0.717) is 5.92 Å². The van der Waals surface area contributed by atoms with Crippen molar-refractivity contribution in [3.63, 3.8) is 0 Å². The highest BCUT2D eigenvalue weighted by atomic mass is 32.1. The average molecular weight is 315 g/mol. The number of rotatable bonds is 4. The third kappa shape index (κ3) is 2.58. The number of hydrogen-bond acceptors (Lipinski definition) is 2. The van der Waals surface area contributed by atoms with Crippen LogP contribution in [0.25, 0.3) is 10.4 Å². The quantitative estimate of drug-likeness (QED) is 0.640. The number of benzene rings is 1. The number of hydrogen-bond donors (Lipinski definition) is 1. The lowest BCUT2D eigenvalue weighted by atomic mass is 10.1. The molecule has 112 valence electrons. The summed E-state index contributed by atoms with van der Waals surface area (Å²) in [6.07, 6.45) is 2.21. The first kappa shape index (κ1) is 14.5. The van der Waals surface area contributed by atoms with Crippen LogP contribution in [0.2, 0.25) is 0 Å². The Labute approximate surface area is 123 Å². The normalized spacial score (nSPS) is 16.2. The fourth-order valence-electron chi connectivity index (χ4n) is 2.48. The van der Waals surface area contributed by atoms with Gasteiger partial charge in [0.25, 0.3) is 0 Å². The largest absolute Gasteiger partial charge is 0.312 e. The predicted molar refractivity (Wildman–Crippen MR) is 74.1 cm³/mol. The van der Waals surface area contributed by atoms with Crippen molar-refractivity contribution in [3.8, 4) is 10.4 Å². The highest BCUT2D eigenvalue weighted by Gasteiger charge is 2.32. The van der Waals surface area contributed by atoms with E-state index in [1.807, 2.05) is 7.05 Å². The summed E-state index contributed by atoms with van der Waals surface area (Å²) in [5.41, 5.74) is -0.630. The van der Waals surface area contributed by atoms with E-state index in [9.17, 15) is 17.6 Å². The standard InChI is InChI=1S/C15H13F4NS/c1-20-15(7-2-3-7)11-5-4-10(21-11)12-13(18)8(16)6-9(17)14(12)19/h4-7,15,20H,2-3H2,1H3. The van der Waals surface area contributed by atoms with Crippen LogP contribution in [0.15, 0.2) is 18.2 Å². The molecule has 1 aliphatic rings. The molecule has 0 bridgehead atoms. The molecule has 1 fully saturated rings. The van der Waals surface area contributed by atoms with Crippen molar-refractivity contribution < 1.29 is 17.6 Å². The molecule has 6 heteroatoms. The molecule has 0 radical (unpaired) electrons. The zero-order valence-corrected chi connectivity index (χ0v) is 12.0. The molecule has 1 N–H and O–H groups in total. The molecular formula is C15H13F4NS. The lowest BCUT2D eigenvalue weighted by Crippen LogP contribution is -2.16. The van der Waals surface area contributed by atoms with E-state index in [4.69, 9.17) is 0 Å². The Morgan fingerprint density at radius 2 is 1.71 bits per heavy atom. The van der Waals surface area contributed by atoms with Crippen molar-refractivity contribution in [1.29, 1.82) is 0 Å². The van der Waals surface area contributed by atoms with Crippen LogP contribution in [0.4, 0.5) is 17.6 Å². The number of nitrogens with one attached hydrogen (secondary N) is 1. The maximum atomic E-state index is 13.8. The second-order valence-electron chi connectivity index (χ2n) is 5.15. The Morgan fingerprint density at radius 1 is 1.10 bits per heavy atom. The molecule has 0 spiro atoms. The smallest absolute Gasteiger partial charge is 0.170 e. The molecule has 1 unspecified atom stereocenters. The summed E-state index contributed by atoms with van der Waals surface area (Å²) in [5, 5.41) is 3.17. The van der Waals surface area contributed by atoms with Crippen LogP contribution in [-0.4, -0.2) is 7.05 Å². The first-order valence-electron chi connectivity index (χ1n) is 6.63. The Morgan fingerprint density at radius 3 is 2.24 bits per heavy atom. The molecule has 2 aromatic rings. The van der Waals surface area contributed by atoms with Crippen molar-refractivity contribution in [2.24, 2.45) is 5.92 Å². The molecule has 1 aromatic carbocycles. The fourth-order valence-corrected chi connectivity index (χ4v) is 3.73. The predicted octanol–water partition coefficient (Wildman–Crippen LogP) is 4.64. The van der Waals surface area contributed by atoms with Crippen LogP contribution in [-0.2, 0) is 0 Å². The van der Waals surface area contributed by atoms with Crippen molar-refractivity contribution in [2.45, 2.75) is 18.9 Å². The molecule has 1 saturated carbocycles. The lowest BCUT2D eigenvalue weighted by Gasteiger charge is -2.12. The highest BCUT2D eigenvalue weighted by molar-refractivity contribution is 7.15. The van der Waals surface area contributed by atoms with Gasteiger partial charge < -0.3 is 5.32 Å². The number of thiophene rings is 1. The van der Waals surface area contributed by atoms with E-state index >= 15 is 0 Å². The lowest BCUT2D eigenvalue weighted by molar-refractivity contribution is 0.458. The molecule has 0 saturated heterocycles. The summed E-state index contributed by atoms with van der Waals surface area (Å²) < 4.78 is 54.2. The van der Waals surface area contributed by atoms with Gasteiger partial charge in [-0.25, -0.2) is 17.6 Å². The van der Waals surface area contributed by atoms with E-state index < -0.39 is 28.8 Å². The van der Waals surface area contributed by atoms with E-state index in [-0.39, 0.29) is 17.0 Å². The molecule has 21 heavy (non-hydrogen) atoms. The average Bonchev–Trinajstić information content (AvgIpc) is 3.17. The fraction of sp³-hybridized carbons (Fsp3) is 0.333. The van der Waals surface area contributed by atoms with Crippen molar-refractivity contribution in [3.05, 3.63) is 46.3 Å². The summed E-state index contributed by atoms with van der Waals surface area (Å²) in [6, 6.07) is 3.60. The van der Waals surface area contributed by atoms with Crippen LogP contribution in [0.3, 0.4) is 0 Å². The summed E-state index contributed by atoms with van der Waals surface area (Å²) in [7, 11) is 1.82. The zero-order chi connectivity index (χ0) is 15.1. The van der Waals surface area contributed by atoms with Crippen LogP contribution >= 0.6 is 11.3 Å². The minimum atomic E-state index is -1.38. The second kappa shape index (κ2) is 5.42. The third-order valence-electron chi connectivity index (χ3n) is 3.70. The van der Waals surface area contributed by atoms with E-state index in [2.05, 4.69) is 5.32 Å². The van der Waals surface area contributed by atoms with E-state index in [0.717, 1.165) is 29.1 Å². The van der Waals surface area contributed by atoms with Crippen molar-refractivity contribution in [2.75, 3.05) is 7.05 Å².